The van der Waals surface area contributed by atoms with Crippen molar-refractivity contribution in [2.45, 2.75) is 38.1 Å². The number of fused-ring (bicyclic) bond motifs is 4. The summed E-state index contributed by atoms with van der Waals surface area (Å²) < 4.78 is 12.4. The Kier molecular flexibility index (Phi) is 6.35. The topological polar surface area (TPSA) is 64.8 Å². The maximum Gasteiger partial charge on any atom is 0.239 e. The van der Waals surface area contributed by atoms with Crippen LogP contribution in [0, 0.1) is 0 Å². The van der Waals surface area contributed by atoms with E-state index in [0.29, 0.717) is 18.8 Å². The molecule has 0 aliphatic carbocycles. The van der Waals surface area contributed by atoms with Gasteiger partial charge in [0.15, 0.2) is 0 Å². The zero-order chi connectivity index (χ0) is 21.8. The largest absolute Gasteiger partial charge is 0.457 e. The van der Waals surface area contributed by atoms with E-state index in [4.69, 9.17) is 15.2 Å². The molecule has 0 spiro atoms. The highest BCUT2D eigenvalue weighted by Gasteiger charge is 2.29. The SMILES string of the molecule is C[C@@H]1[C@H](c2ccccc2)OCc2cccc(c2)Oc2cccc(c2)C[C@H](N)C(=O)N1C. The lowest BCUT2D eigenvalue weighted by Crippen LogP contribution is -2.48. The molecule has 0 unspecified atom stereocenters. The zero-order valence-corrected chi connectivity index (χ0v) is 17.9. The molecule has 3 aromatic carbocycles. The number of nitrogens with two attached hydrogens (primary N) is 1. The highest BCUT2D eigenvalue weighted by atomic mass is 16.5. The van der Waals surface area contributed by atoms with Crippen molar-refractivity contribution in [3.63, 3.8) is 0 Å². The van der Waals surface area contributed by atoms with E-state index >= 15 is 0 Å². The van der Waals surface area contributed by atoms with Crippen LogP contribution in [0.1, 0.15) is 29.7 Å². The second kappa shape index (κ2) is 9.33. The molecule has 1 amide bonds. The van der Waals surface area contributed by atoms with Gasteiger partial charge in [-0.15, -0.1) is 0 Å². The fourth-order valence-corrected chi connectivity index (χ4v) is 3.92. The van der Waals surface area contributed by atoms with Gasteiger partial charge in [-0.1, -0.05) is 54.6 Å². The van der Waals surface area contributed by atoms with Crippen LogP contribution in [-0.2, 0) is 22.6 Å². The van der Waals surface area contributed by atoms with Crippen molar-refractivity contribution in [2.24, 2.45) is 5.73 Å². The van der Waals surface area contributed by atoms with Gasteiger partial charge >= 0.3 is 0 Å². The van der Waals surface area contributed by atoms with Gasteiger partial charge < -0.3 is 20.1 Å². The summed E-state index contributed by atoms with van der Waals surface area (Å²) in [7, 11) is 1.80. The van der Waals surface area contributed by atoms with Gasteiger partial charge in [0, 0.05) is 7.05 Å². The summed E-state index contributed by atoms with van der Waals surface area (Å²) in [4.78, 5) is 14.8. The molecule has 3 aromatic rings. The fourth-order valence-electron chi connectivity index (χ4n) is 3.92. The average Bonchev–Trinajstić information content (AvgIpc) is 2.79. The number of likely N-dealkylation sites (N-methyl/N-ethyl adjacent to an activating group) is 1. The Bertz CT molecular complexity index is 1040. The summed E-state index contributed by atoms with van der Waals surface area (Å²) in [6, 6.07) is 24.8. The minimum absolute atomic E-state index is 0.112. The molecule has 2 N–H and O–H groups in total. The lowest BCUT2D eigenvalue weighted by atomic mass is 10.00. The quantitative estimate of drug-likeness (QED) is 0.636. The van der Waals surface area contributed by atoms with Gasteiger partial charge in [0.2, 0.25) is 5.91 Å². The summed E-state index contributed by atoms with van der Waals surface area (Å²) in [6.45, 7) is 2.40. The van der Waals surface area contributed by atoms with E-state index in [-0.39, 0.29) is 18.1 Å². The van der Waals surface area contributed by atoms with Gasteiger partial charge in [0.1, 0.15) is 17.6 Å². The Hall–Kier alpha value is -3.15. The second-order valence-corrected chi connectivity index (χ2v) is 8.04. The minimum Gasteiger partial charge on any atom is -0.457 e. The summed E-state index contributed by atoms with van der Waals surface area (Å²) in [5.41, 5.74) is 9.30. The monoisotopic (exact) mass is 416 g/mol. The molecular weight excluding hydrogens is 388 g/mol. The molecule has 4 rings (SSSR count). The highest BCUT2D eigenvalue weighted by molar-refractivity contribution is 5.82. The van der Waals surface area contributed by atoms with Crippen LogP contribution in [0.2, 0.25) is 0 Å². The van der Waals surface area contributed by atoms with Crippen LogP contribution in [0.3, 0.4) is 0 Å². The number of carbonyl (C=O) groups is 1. The molecule has 0 fully saturated rings. The van der Waals surface area contributed by atoms with E-state index < -0.39 is 6.04 Å². The third kappa shape index (κ3) is 4.95. The first-order chi connectivity index (χ1) is 15.0. The molecule has 5 heteroatoms. The first kappa shape index (κ1) is 21.1. The van der Waals surface area contributed by atoms with Gasteiger partial charge in [0.05, 0.1) is 18.7 Å². The molecule has 1 heterocycles. The van der Waals surface area contributed by atoms with Crippen LogP contribution < -0.4 is 10.5 Å². The van der Waals surface area contributed by atoms with Crippen LogP contribution >= 0.6 is 0 Å². The van der Waals surface area contributed by atoms with E-state index in [0.717, 1.165) is 22.4 Å². The minimum atomic E-state index is -0.648. The molecule has 0 saturated carbocycles. The molecular formula is C26H28N2O3. The van der Waals surface area contributed by atoms with Crippen LogP contribution in [0.25, 0.3) is 0 Å². The van der Waals surface area contributed by atoms with Gasteiger partial charge in [-0.3, -0.25) is 4.79 Å². The van der Waals surface area contributed by atoms with E-state index in [1.54, 1.807) is 11.9 Å². The third-order valence-corrected chi connectivity index (χ3v) is 5.76. The van der Waals surface area contributed by atoms with Crippen molar-refractivity contribution in [3.8, 4) is 11.5 Å². The summed E-state index contributed by atoms with van der Waals surface area (Å²) in [5.74, 6) is 1.35. The Morgan fingerprint density at radius 2 is 1.55 bits per heavy atom. The van der Waals surface area contributed by atoms with Crippen molar-refractivity contribution in [1.82, 2.24) is 4.90 Å². The Labute approximate surface area is 183 Å². The molecule has 5 nitrogen and oxygen atoms in total. The smallest absolute Gasteiger partial charge is 0.239 e. The van der Waals surface area contributed by atoms with Gasteiger partial charge in [-0.25, -0.2) is 0 Å². The zero-order valence-electron chi connectivity index (χ0n) is 17.9. The van der Waals surface area contributed by atoms with Crippen LogP contribution in [0.4, 0.5) is 0 Å². The number of nitrogens with zero attached hydrogens (tertiary/aromatic N) is 1. The third-order valence-electron chi connectivity index (χ3n) is 5.76. The van der Waals surface area contributed by atoms with E-state index in [2.05, 4.69) is 0 Å². The Morgan fingerprint density at radius 1 is 0.903 bits per heavy atom. The number of carbonyl (C=O) groups excluding carboxylic acids is 1. The predicted molar refractivity (Wildman–Crippen MR) is 121 cm³/mol. The highest BCUT2D eigenvalue weighted by Crippen LogP contribution is 2.29. The van der Waals surface area contributed by atoms with Gasteiger partial charge in [0.25, 0.3) is 0 Å². The van der Waals surface area contributed by atoms with E-state index in [1.807, 2.05) is 85.8 Å². The molecule has 3 atom stereocenters. The normalized spacial score (nSPS) is 22.2. The predicted octanol–water partition coefficient (Wildman–Crippen LogP) is 4.47. The van der Waals surface area contributed by atoms with Gasteiger partial charge in [-0.2, -0.15) is 0 Å². The number of hydrogen-bond acceptors (Lipinski definition) is 4. The van der Waals surface area contributed by atoms with Crippen molar-refractivity contribution in [1.29, 1.82) is 0 Å². The number of hydrogen-bond donors (Lipinski definition) is 1. The molecule has 1 aliphatic heterocycles. The number of rotatable bonds is 1. The van der Waals surface area contributed by atoms with Crippen molar-refractivity contribution in [2.75, 3.05) is 7.05 Å². The van der Waals surface area contributed by atoms with E-state index in [9.17, 15) is 4.79 Å². The summed E-state index contributed by atoms with van der Waals surface area (Å²) in [6.07, 6.45) is 0.141. The first-order valence-electron chi connectivity index (χ1n) is 10.6. The van der Waals surface area contributed by atoms with Crippen LogP contribution in [-0.4, -0.2) is 29.9 Å². The molecule has 1 aliphatic rings. The fraction of sp³-hybridized carbons (Fsp3) is 0.269. The summed E-state index contributed by atoms with van der Waals surface area (Å²) >= 11 is 0. The van der Waals surface area contributed by atoms with Crippen molar-refractivity contribution < 1.29 is 14.3 Å². The molecule has 4 bridgehead atoms. The summed E-state index contributed by atoms with van der Waals surface area (Å²) in [5, 5.41) is 0. The first-order valence-corrected chi connectivity index (χ1v) is 10.6. The molecule has 160 valence electrons. The lowest BCUT2D eigenvalue weighted by molar-refractivity contribution is -0.136. The van der Waals surface area contributed by atoms with Crippen LogP contribution in [0.15, 0.2) is 78.9 Å². The average molecular weight is 417 g/mol. The van der Waals surface area contributed by atoms with Gasteiger partial charge in [-0.05, 0) is 54.3 Å². The van der Waals surface area contributed by atoms with E-state index in [1.165, 1.54) is 0 Å². The molecule has 0 radical (unpaired) electrons. The number of benzene rings is 3. The maximum absolute atomic E-state index is 13.1. The lowest BCUT2D eigenvalue weighted by Gasteiger charge is -2.34. The van der Waals surface area contributed by atoms with Crippen LogP contribution in [0.5, 0.6) is 11.5 Å². The standard InChI is InChI=1S/C26H28N2O3/c1-18-25(21-10-4-3-5-11-21)30-17-20-9-7-13-23(15-20)31-22-12-6-8-19(14-22)16-24(27)26(29)28(18)2/h3-15,18,24-25H,16-17,27H2,1-2H3/t18-,24+,25-/m1/s1. The molecule has 0 saturated heterocycles. The second-order valence-electron chi connectivity index (χ2n) is 8.04. The molecule has 0 aromatic heterocycles. The van der Waals surface area contributed by atoms with Crippen molar-refractivity contribution in [3.05, 3.63) is 95.6 Å². The Balaban J connectivity index is 1.72. The Morgan fingerprint density at radius 3 is 2.26 bits per heavy atom. The number of amides is 1. The molecule has 31 heavy (non-hydrogen) atoms. The maximum atomic E-state index is 13.1. The van der Waals surface area contributed by atoms with Crippen molar-refractivity contribution >= 4 is 5.91 Å². The number of ether oxygens (including phenoxy) is 2.